The molecule has 0 bridgehead atoms. The van der Waals surface area contributed by atoms with Crippen molar-refractivity contribution in [3.63, 3.8) is 0 Å². The topological polar surface area (TPSA) is 78.4 Å². The predicted octanol–water partition coefficient (Wildman–Crippen LogP) is 0.498. The normalized spacial score (nSPS) is 18.3. The molecule has 0 aromatic rings. The maximum atomic E-state index is 11.7. The number of nitrogens with one attached hydrogen (secondary N) is 2. The van der Waals surface area contributed by atoms with Gasteiger partial charge in [-0.2, -0.15) is 0 Å². The minimum atomic E-state index is -0.851. The Morgan fingerprint density at radius 3 is 2.56 bits per heavy atom. The fourth-order valence-corrected chi connectivity index (χ4v) is 1.88. The Labute approximate surface area is 95.6 Å². The van der Waals surface area contributed by atoms with Crippen LogP contribution in [0.1, 0.15) is 39.0 Å². The van der Waals surface area contributed by atoms with Gasteiger partial charge in [-0.3, -0.25) is 9.59 Å². The van der Waals surface area contributed by atoms with Crippen LogP contribution in [-0.4, -0.2) is 35.6 Å². The number of rotatable bonds is 6. The first kappa shape index (κ1) is 13.0. The molecule has 1 saturated carbocycles. The smallest absolute Gasteiger partial charge is 0.304 e. The molecule has 0 aromatic heterocycles. The molecule has 92 valence electrons. The van der Waals surface area contributed by atoms with Gasteiger partial charge in [-0.1, -0.05) is 12.8 Å². The second-order valence-corrected chi connectivity index (χ2v) is 4.31. The molecule has 0 heterocycles. The van der Waals surface area contributed by atoms with Crippen LogP contribution in [0.2, 0.25) is 0 Å². The molecule has 3 N–H and O–H groups in total. The Morgan fingerprint density at radius 2 is 2.00 bits per heavy atom. The van der Waals surface area contributed by atoms with Crippen LogP contribution in [0.25, 0.3) is 0 Å². The zero-order valence-electron chi connectivity index (χ0n) is 9.66. The highest BCUT2D eigenvalue weighted by Gasteiger charge is 2.20. The van der Waals surface area contributed by atoms with Crippen LogP contribution >= 0.6 is 0 Å². The third kappa shape index (κ3) is 4.61. The molecule has 0 spiro atoms. The van der Waals surface area contributed by atoms with Crippen molar-refractivity contribution in [2.24, 2.45) is 0 Å². The Kier molecular flexibility index (Phi) is 5.25. The van der Waals surface area contributed by atoms with Crippen molar-refractivity contribution in [2.75, 3.05) is 6.54 Å². The van der Waals surface area contributed by atoms with Crippen LogP contribution in [0, 0.1) is 0 Å². The molecule has 0 radical (unpaired) electrons. The summed E-state index contributed by atoms with van der Waals surface area (Å²) in [5.41, 5.74) is 0. The van der Waals surface area contributed by atoms with E-state index in [0.29, 0.717) is 12.6 Å². The van der Waals surface area contributed by atoms with E-state index in [9.17, 15) is 9.59 Å². The summed E-state index contributed by atoms with van der Waals surface area (Å²) in [6.45, 7) is 2.08. The number of amides is 1. The predicted molar refractivity (Wildman–Crippen MR) is 60.1 cm³/mol. The Bertz CT molecular complexity index is 250. The molecule has 1 unspecified atom stereocenters. The molecule has 16 heavy (non-hydrogen) atoms. The molecule has 1 atom stereocenters. The molecule has 0 aliphatic heterocycles. The molecule has 1 aliphatic rings. The van der Waals surface area contributed by atoms with E-state index < -0.39 is 5.97 Å². The van der Waals surface area contributed by atoms with Crippen LogP contribution in [0.4, 0.5) is 0 Å². The van der Waals surface area contributed by atoms with Gasteiger partial charge >= 0.3 is 5.97 Å². The van der Waals surface area contributed by atoms with E-state index in [0.717, 1.165) is 12.8 Å². The number of hydrogen-bond acceptors (Lipinski definition) is 3. The zero-order valence-corrected chi connectivity index (χ0v) is 9.66. The van der Waals surface area contributed by atoms with Crippen LogP contribution < -0.4 is 10.6 Å². The quantitative estimate of drug-likeness (QED) is 0.618. The molecule has 1 amide bonds. The Balaban J connectivity index is 2.16. The minimum absolute atomic E-state index is 0.0303. The number of aliphatic carboxylic acids is 1. The lowest BCUT2D eigenvalue weighted by atomic mass is 10.2. The van der Waals surface area contributed by atoms with E-state index in [-0.39, 0.29) is 18.4 Å². The van der Waals surface area contributed by atoms with E-state index in [2.05, 4.69) is 10.6 Å². The third-order valence-corrected chi connectivity index (χ3v) is 2.88. The first-order valence-corrected chi connectivity index (χ1v) is 5.85. The van der Waals surface area contributed by atoms with Crippen molar-refractivity contribution < 1.29 is 14.7 Å². The summed E-state index contributed by atoms with van der Waals surface area (Å²) in [5, 5.41) is 14.3. The van der Waals surface area contributed by atoms with Gasteiger partial charge in [0.1, 0.15) is 0 Å². The van der Waals surface area contributed by atoms with Crippen molar-refractivity contribution >= 4 is 11.9 Å². The number of carboxylic acid groups (broad SMARTS) is 1. The van der Waals surface area contributed by atoms with E-state index in [4.69, 9.17) is 5.11 Å². The molecular weight excluding hydrogens is 208 g/mol. The van der Waals surface area contributed by atoms with Gasteiger partial charge in [0.25, 0.3) is 0 Å². The zero-order chi connectivity index (χ0) is 12.0. The molecule has 1 fully saturated rings. The van der Waals surface area contributed by atoms with Crippen molar-refractivity contribution in [1.29, 1.82) is 0 Å². The molecule has 1 rings (SSSR count). The summed E-state index contributed by atoms with van der Waals surface area (Å²) in [6, 6.07) is -0.00354. The van der Waals surface area contributed by atoms with Gasteiger partial charge in [0.05, 0.1) is 12.5 Å². The maximum absolute atomic E-state index is 11.7. The lowest BCUT2D eigenvalue weighted by molar-refractivity contribution is -0.137. The molecule has 0 saturated heterocycles. The summed E-state index contributed by atoms with van der Waals surface area (Å²) < 4.78 is 0. The first-order valence-electron chi connectivity index (χ1n) is 5.85. The van der Waals surface area contributed by atoms with Gasteiger partial charge in [0.15, 0.2) is 0 Å². The van der Waals surface area contributed by atoms with Gasteiger partial charge in [-0.25, -0.2) is 0 Å². The van der Waals surface area contributed by atoms with Gasteiger partial charge in [-0.05, 0) is 19.8 Å². The third-order valence-electron chi connectivity index (χ3n) is 2.88. The first-order chi connectivity index (χ1) is 7.59. The van der Waals surface area contributed by atoms with Gasteiger partial charge in [0.2, 0.25) is 5.91 Å². The number of hydrogen-bond donors (Lipinski definition) is 3. The maximum Gasteiger partial charge on any atom is 0.304 e. The van der Waals surface area contributed by atoms with Crippen LogP contribution in [0.3, 0.4) is 0 Å². The average Bonchev–Trinajstić information content (AvgIpc) is 2.69. The van der Waals surface area contributed by atoms with Crippen molar-refractivity contribution in [2.45, 2.75) is 51.1 Å². The van der Waals surface area contributed by atoms with E-state index in [1.54, 1.807) is 6.92 Å². The lowest BCUT2D eigenvalue weighted by Crippen LogP contribution is -2.46. The summed E-state index contributed by atoms with van der Waals surface area (Å²) in [5.74, 6) is -0.881. The number of carboxylic acids is 1. The average molecular weight is 228 g/mol. The molecule has 1 aliphatic carbocycles. The van der Waals surface area contributed by atoms with Crippen molar-refractivity contribution in [3.8, 4) is 0 Å². The summed E-state index contributed by atoms with van der Waals surface area (Å²) in [7, 11) is 0. The monoisotopic (exact) mass is 228 g/mol. The largest absolute Gasteiger partial charge is 0.481 e. The highest BCUT2D eigenvalue weighted by atomic mass is 16.4. The lowest BCUT2D eigenvalue weighted by Gasteiger charge is -2.17. The van der Waals surface area contributed by atoms with Crippen LogP contribution in [0.5, 0.6) is 0 Å². The SMILES string of the molecule is CC(NCCC(=O)O)C(=O)NC1CCCC1. The molecule has 5 nitrogen and oxygen atoms in total. The van der Waals surface area contributed by atoms with E-state index >= 15 is 0 Å². The van der Waals surface area contributed by atoms with E-state index in [1.165, 1.54) is 12.8 Å². The van der Waals surface area contributed by atoms with Crippen LogP contribution in [-0.2, 0) is 9.59 Å². The molecule has 5 heteroatoms. The summed E-state index contributed by atoms with van der Waals surface area (Å²) >= 11 is 0. The van der Waals surface area contributed by atoms with Crippen molar-refractivity contribution in [3.05, 3.63) is 0 Å². The fraction of sp³-hybridized carbons (Fsp3) is 0.818. The van der Waals surface area contributed by atoms with Gasteiger partial charge in [-0.15, -0.1) is 0 Å². The van der Waals surface area contributed by atoms with E-state index in [1.807, 2.05) is 0 Å². The van der Waals surface area contributed by atoms with Crippen molar-refractivity contribution in [1.82, 2.24) is 10.6 Å². The van der Waals surface area contributed by atoms with Gasteiger partial charge in [0, 0.05) is 12.6 Å². The Morgan fingerprint density at radius 1 is 1.38 bits per heavy atom. The fourth-order valence-electron chi connectivity index (χ4n) is 1.88. The minimum Gasteiger partial charge on any atom is -0.481 e. The highest BCUT2D eigenvalue weighted by Crippen LogP contribution is 2.17. The summed E-state index contributed by atoms with van der Waals surface area (Å²) in [4.78, 5) is 21.9. The molecule has 0 aromatic carbocycles. The standard InChI is InChI=1S/C11H20N2O3/c1-8(12-7-6-10(14)15)11(16)13-9-4-2-3-5-9/h8-9,12H,2-7H2,1H3,(H,13,16)(H,14,15). The molecular formula is C11H20N2O3. The summed E-state index contributed by atoms with van der Waals surface area (Å²) in [6.07, 6.45) is 4.54. The Hall–Kier alpha value is -1.10. The number of carbonyl (C=O) groups excluding carboxylic acids is 1. The second-order valence-electron chi connectivity index (χ2n) is 4.31. The van der Waals surface area contributed by atoms with Gasteiger partial charge < -0.3 is 15.7 Å². The highest BCUT2D eigenvalue weighted by molar-refractivity contribution is 5.81. The second kappa shape index (κ2) is 6.48. The number of carbonyl (C=O) groups is 2. The van der Waals surface area contributed by atoms with Crippen LogP contribution in [0.15, 0.2) is 0 Å².